The zero-order valence-corrected chi connectivity index (χ0v) is 12.2. The zero-order valence-electron chi connectivity index (χ0n) is 12.2. The minimum Gasteiger partial charge on any atom is -0.331 e. The third-order valence-electron chi connectivity index (χ3n) is 3.92. The maximum Gasteiger partial charge on any atom is 0.319 e. The third kappa shape index (κ3) is 3.09. The summed E-state index contributed by atoms with van der Waals surface area (Å²) in [5.41, 5.74) is 3.67. The molecule has 110 valence electrons. The molecule has 2 aromatic carbocycles. The molecule has 0 saturated carbocycles. The van der Waals surface area contributed by atoms with Gasteiger partial charge < -0.3 is 10.6 Å². The van der Waals surface area contributed by atoms with Crippen LogP contribution in [0.3, 0.4) is 0 Å². The number of hydrogen-bond donors (Lipinski definition) is 2. The first-order chi connectivity index (χ1) is 10.8. The largest absolute Gasteiger partial charge is 0.331 e. The molecule has 0 aliphatic heterocycles. The van der Waals surface area contributed by atoms with E-state index < -0.39 is 0 Å². The van der Waals surface area contributed by atoms with Crippen LogP contribution in [0, 0.1) is 11.3 Å². The normalized spacial score (nSPS) is 16.2. The van der Waals surface area contributed by atoms with Crippen LogP contribution in [-0.2, 0) is 6.42 Å². The first kappa shape index (κ1) is 14.2. The van der Waals surface area contributed by atoms with Crippen LogP contribution in [0.4, 0.5) is 10.5 Å². The molecule has 22 heavy (non-hydrogen) atoms. The number of nitriles is 1. The standard InChI is InChI=1S/C18H17N3O/c19-12-13-5-3-8-15(11-13)20-18(22)21-17-10-4-7-14-6-1-2-9-16(14)17/h1-3,5-6,8-9,11,17H,4,7,10H2,(H2,20,21,22). The molecule has 2 N–H and O–H groups in total. The summed E-state index contributed by atoms with van der Waals surface area (Å²) >= 11 is 0. The van der Waals surface area contributed by atoms with Crippen molar-refractivity contribution in [2.45, 2.75) is 25.3 Å². The number of benzene rings is 2. The topological polar surface area (TPSA) is 64.9 Å². The molecule has 4 nitrogen and oxygen atoms in total. The minimum absolute atomic E-state index is 0.0455. The maximum atomic E-state index is 12.2. The number of nitrogens with one attached hydrogen (secondary N) is 2. The van der Waals surface area contributed by atoms with Crippen molar-refractivity contribution in [2.75, 3.05) is 5.32 Å². The molecule has 0 heterocycles. The molecule has 1 aliphatic rings. The second-order valence-corrected chi connectivity index (χ2v) is 5.43. The van der Waals surface area contributed by atoms with E-state index in [1.165, 1.54) is 11.1 Å². The molecule has 1 atom stereocenters. The fraction of sp³-hybridized carbons (Fsp3) is 0.222. The van der Waals surface area contributed by atoms with Crippen LogP contribution < -0.4 is 10.6 Å². The Balaban J connectivity index is 1.69. The molecule has 0 aromatic heterocycles. The Morgan fingerprint density at radius 3 is 2.91 bits per heavy atom. The number of hydrogen-bond acceptors (Lipinski definition) is 2. The van der Waals surface area contributed by atoms with Gasteiger partial charge in [-0.05, 0) is 48.6 Å². The summed E-state index contributed by atoms with van der Waals surface area (Å²) < 4.78 is 0. The van der Waals surface area contributed by atoms with Crippen LogP contribution in [0.25, 0.3) is 0 Å². The second-order valence-electron chi connectivity index (χ2n) is 5.43. The van der Waals surface area contributed by atoms with Gasteiger partial charge in [-0.1, -0.05) is 30.3 Å². The number of nitrogens with zero attached hydrogens (tertiary/aromatic N) is 1. The number of aryl methyl sites for hydroxylation is 1. The van der Waals surface area contributed by atoms with Crippen molar-refractivity contribution in [2.24, 2.45) is 0 Å². The van der Waals surface area contributed by atoms with Gasteiger partial charge in [0, 0.05) is 5.69 Å². The van der Waals surface area contributed by atoms with Gasteiger partial charge in [0.05, 0.1) is 17.7 Å². The molecule has 2 amide bonds. The average molecular weight is 291 g/mol. The molecular weight excluding hydrogens is 274 g/mol. The van der Waals surface area contributed by atoms with Crippen molar-refractivity contribution in [3.8, 4) is 6.07 Å². The number of urea groups is 1. The highest BCUT2D eigenvalue weighted by molar-refractivity contribution is 5.89. The lowest BCUT2D eigenvalue weighted by molar-refractivity contribution is 0.247. The van der Waals surface area contributed by atoms with E-state index in [0.29, 0.717) is 11.3 Å². The van der Waals surface area contributed by atoms with Crippen molar-refractivity contribution >= 4 is 11.7 Å². The monoisotopic (exact) mass is 291 g/mol. The number of carbonyl (C=O) groups is 1. The van der Waals surface area contributed by atoms with Gasteiger partial charge in [0.25, 0.3) is 0 Å². The molecule has 0 saturated heterocycles. The van der Waals surface area contributed by atoms with Crippen LogP contribution in [0.15, 0.2) is 48.5 Å². The van der Waals surface area contributed by atoms with Gasteiger partial charge in [0.15, 0.2) is 0 Å². The molecule has 4 heteroatoms. The summed E-state index contributed by atoms with van der Waals surface area (Å²) in [7, 11) is 0. The van der Waals surface area contributed by atoms with Crippen LogP contribution in [0.2, 0.25) is 0 Å². The summed E-state index contributed by atoms with van der Waals surface area (Å²) in [4.78, 5) is 12.2. The Hall–Kier alpha value is -2.80. The van der Waals surface area contributed by atoms with Gasteiger partial charge in [-0.15, -0.1) is 0 Å². The summed E-state index contributed by atoms with van der Waals surface area (Å²) in [5, 5.41) is 14.7. The lowest BCUT2D eigenvalue weighted by atomic mass is 9.88. The van der Waals surface area contributed by atoms with Gasteiger partial charge in [0.2, 0.25) is 0 Å². The number of fused-ring (bicyclic) bond motifs is 1. The van der Waals surface area contributed by atoms with Gasteiger partial charge in [-0.3, -0.25) is 0 Å². The van der Waals surface area contributed by atoms with Crippen molar-refractivity contribution in [3.05, 3.63) is 65.2 Å². The second kappa shape index (κ2) is 6.31. The van der Waals surface area contributed by atoms with E-state index in [-0.39, 0.29) is 12.1 Å². The zero-order chi connectivity index (χ0) is 15.4. The number of rotatable bonds is 2. The van der Waals surface area contributed by atoms with Crippen molar-refractivity contribution in [1.82, 2.24) is 5.32 Å². The molecule has 2 aromatic rings. The smallest absolute Gasteiger partial charge is 0.319 e. The van der Waals surface area contributed by atoms with Crippen molar-refractivity contribution < 1.29 is 4.79 Å². The molecule has 3 rings (SSSR count). The van der Waals surface area contributed by atoms with Crippen LogP contribution in [0.5, 0.6) is 0 Å². The highest BCUT2D eigenvalue weighted by Crippen LogP contribution is 2.29. The number of anilines is 1. The fourth-order valence-corrected chi connectivity index (χ4v) is 2.90. The van der Waals surface area contributed by atoms with Gasteiger partial charge >= 0.3 is 6.03 Å². The molecular formula is C18H17N3O. The molecule has 1 unspecified atom stereocenters. The predicted molar refractivity (Wildman–Crippen MR) is 85.4 cm³/mol. The van der Waals surface area contributed by atoms with E-state index in [0.717, 1.165) is 19.3 Å². The number of amides is 2. The molecule has 0 radical (unpaired) electrons. The maximum absolute atomic E-state index is 12.2. The van der Waals surface area contributed by atoms with E-state index in [9.17, 15) is 4.79 Å². The Morgan fingerprint density at radius 2 is 2.05 bits per heavy atom. The fourth-order valence-electron chi connectivity index (χ4n) is 2.90. The Bertz CT molecular complexity index is 733. The SMILES string of the molecule is N#Cc1cccc(NC(=O)NC2CCCc3ccccc32)c1. The predicted octanol–water partition coefficient (Wildman–Crippen LogP) is 3.76. The van der Waals surface area contributed by atoms with Gasteiger partial charge in [-0.2, -0.15) is 5.26 Å². The van der Waals surface area contributed by atoms with E-state index in [2.05, 4.69) is 28.8 Å². The highest BCUT2D eigenvalue weighted by atomic mass is 16.2. The molecule has 0 bridgehead atoms. The van der Waals surface area contributed by atoms with Crippen LogP contribution in [0.1, 0.15) is 35.6 Å². The molecule has 0 fully saturated rings. The Morgan fingerprint density at radius 1 is 1.18 bits per heavy atom. The first-order valence-electron chi connectivity index (χ1n) is 7.42. The van der Waals surface area contributed by atoms with E-state index in [4.69, 9.17) is 5.26 Å². The van der Waals surface area contributed by atoms with Crippen LogP contribution in [-0.4, -0.2) is 6.03 Å². The first-order valence-corrected chi connectivity index (χ1v) is 7.42. The Kier molecular flexibility index (Phi) is 4.06. The average Bonchev–Trinajstić information content (AvgIpc) is 2.55. The number of carbonyl (C=O) groups excluding carboxylic acids is 1. The minimum atomic E-state index is -0.239. The lowest BCUT2D eigenvalue weighted by Crippen LogP contribution is -2.34. The third-order valence-corrected chi connectivity index (χ3v) is 3.92. The van der Waals surface area contributed by atoms with Crippen LogP contribution >= 0.6 is 0 Å². The summed E-state index contributed by atoms with van der Waals surface area (Å²) in [6, 6.07) is 17.0. The summed E-state index contributed by atoms with van der Waals surface area (Å²) in [6.45, 7) is 0. The Labute approximate surface area is 129 Å². The highest BCUT2D eigenvalue weighted by Gasteiger charge is 2.21. The molecule has 1 aliphatic carbocycles. The van der Waals surface area contributed by atoms with Crippen molar-refractivity contribution in [3.63, 3.8) is 0 Å². The van der Waals surface area contributed by atoms with Gasteiger partial charge in [0.1, 0.15) is 0 Å². The van der Waals surface area contributed by atoms with E-state index >= 15 is 0 Å². The van der Waals surface area contributed by atoms with E-state index in [1.54, 1.807) is 24.3 Å². The summed E-state index contributed by atoms with van der Waals surface area (Å²) in [6.07, 6.45) is 3.09. The quantitative estimate of drug-likeness (QED) is 0.884. The van der Waals surface area contributed by atoms with Gasteiger partial charge in [-0.25, -0.2) is 4.79 Å². The lowest BCUT2D eigenvalue weighted by Gasteiger charge is -2.26. The molecule has 0 spiro atoms. The summed E-state index contributed by atoms with van der Waals surface area (Å²) in [5.74, 6) is 0. The van der Waals surface area contributed by atoms with Crippen molar-refractivity contribution in [1.29, 1.82) is 5.26 Å². The van der Waals surface area contributed by atoms with E-state index in [1.807, 2.05) is 12.1 Å².